The molecule has 12 heteroatoms. The lowest BCUT2D eigenvalue weighted by molar-refractivity contribution is 0.133. The zero-order valence-electron chi connectivity index (χ0n) is 20.0. The van der Waals surface area contributed by atoms with Crippen LogP contribution in [0.2, 0.25) is 5.02 Å². The third-order valence-electron chi connectivity index (χ3n) is 7.91. The summed E-state index contributed by atoms with van der Waals surface area (Å²) in [4.78, 5) is 10.4. The lowest BCUT2D eigenvalue weighted by Crippen LogP contribution is -2.73. The Labute approximate surface area is 216 Å². The number of benzene rings is 1. The van der Waals surface area contributed by atoms with Gasteiger partial charge in [0.05, 0.1) is 18.8 Å². The molecule has 1 atom stereocenters. The molecule has 0 unspecified atom stereocenters. The van der Waals surface area contributed by atoms with Gasteiger partial charge in [0.25, 0.3) is 6.43 Å². The van der Waals surface area contributed by atoms with Crippen molar-refractivity contribution in [1.82, 2.24) is 24.6 Å². The first-order chi connectivity index (χ1) is 17.9. The van der Waals surface area contributed by atoms with Crippen molar-refractivity contribution in [2.45, 2.75) is 32.0 Å². The molecule has 1 aromatic carbocycles. The van der Waals surface area contributed by atoms with Crippen LogP contribution in [0.1, 0.15) is 29.9 Å². The Balaban J connectivity index is 1.11. The Morgan fingerprint density at radius 2 is 1.84 bits per heavy atom. The number of anilines is 2. The molecule has 0 saturated carbocycles. The van der Waals surface area contributed by atoms with E-state index in [9.17, 15) is 13.2 Å². The second kappa shape index (κ2) is 8.57. The zero-order valence-corrected chi connectivity index (χ0v) is 20.7. The van der Waals surface area contributed by atoms with E-state index >= 15 is 0 Å². The zero-order chi connectivity index (χ0) is 25.3. The number of rotatable bonds is 4. The van der Waals surface area contributed by atoms with Gasteiger partial charge in [0.15, 0.2) is 11.6 Å². The highest BCUT2D eigenvalue weighted by atomic mass is 35.5. The van der Waals surface area contributed by atoms with Gasteiger partial charge in [0, 0.05) is 55.8 Å². The summed E-state index contributed by atoms with van der Waals surface area (Å²) in [7, 11) is 0. The number of aromatic nitrogens is 4. The summed E-state index contributed by atoms with van der Waals surface area (Å²) in [6, 6.07) is 8.81. The van der Waals surface area contributed by atoms with Crippen molar-refractivity contribution in [1.29, 1.82) is 0 Å². The minimum atomic E-state index is -2.94. The van der Waals surface area contributed by atoms with Crippen molar-refractivity contribution in [3.63, 3.8) is 0 Å². The molecule has 0 bridgehead atoms. The van der Waals surface area contributed by atoms with Gasteiger partial charge in [-0.2, -0.15) is 0 Å². The summed E-state index contributed by atoms with van der Waals surface area (Å²) in [6.07, 6.45) is -1.95. The first-order valence-electron chi connectivity index (χ1n) is 12.4. The average molecular weight is 532 g/mol. The number of pyridine rings is 1. The Kier molecular flexibility index (Phi) is 5.38. The molecule has 0 N–H and O–H groups in total. The van der Waals surface area contributed by atoms with E-state index in [1.165, 1.54) is 6.07 Å². The SMILES string of the molecule is Fc1ccc(N2CC3(C2)CN(c2nnc4n2-c2ccc(Cl)cc2CN([C@H]2CCOC2)C4)C3)nc1C(F)F. The fourth-order valence-electron chi connectivity index (χ4n) is 6.09. The summed E-state index contributed by atoms with van der Waals surface area (Å²) in [6.45, 7) is 5.80. The van der Waals surface area contributed by atoms with E-state index in [-0.39, 0.29) is 5.41 Å². The van der Waals surface area contributed by atoms with Crippen LogP contribution in [0.5, 0.6) is 0 Å². The van der Waals surface area contributed by atoms with Gasteiger partial charge in [-0.05, 0) is 42.3 Å². The molecule has 0 amide bonds. The van der Waals surface area contributed by atoms with Crippen molar-refractivity contribution in [2.75, 3.05) is 49.2 Å². The van der Waals surface area contributed by atoms with Crippen LogP contribution in [0.25, 0.3) is 5.69 Å². The van der Waals surface area contributed by atoms with Gasteiger partial charge >= 0.3 is 0 Å². The molecule has 3 saturated heterocycles. The van der Waals surface area contributed by atoms with Crippen molar-refractivity contribution >= 4 is 23.4 Å². The first kappa shape index (κ1) is 23.2. The largest absolute Gasteiger partial charge is 0.380 e. The maximum absolute atomic E-state index is 13.7. The van der Waals surface area contributed by atoms with Crippen LogP contribution in [-0.4, -0.2) is 70.1 Å². The molecule has 194 valence electrons. The molecular formula is C25H25ClF3N7O. The summed E-state index contributed by atoms with van der Waals surface area (Å²) < 4.78 is 47.6. The molecule has 2 aromatic heterocycles. The predicted octanol–water partition coefficient (Wildman–Crippen LogP) is 3.82. The number of hydrogen-bond acceptors (Lipinski definition) is 7. The highest BCUT2D eigenvalue weighted by Gasteiger charge is 2.53. The van der Waals surface area contributed by atoms with Crippen molar-refractivity contribution in [3.05, 3.63) is 58.3 Å². The molecular weight excluding hydrogens is 507 g/mol. The standard InChI is InChI=1S/C25H25ClF3N7O/c26-16-1-3-19-15(7-16)8-33(17-5-6-37-10-17)9-21-31-32-24(36(19)21)35-13-25(14-35)11-34(12-25)20-4-2-18(27)22(30-20)23(28)29/h1-4,7,17,23H,5-6,8-14H2/t17-/m0/s1. The van der Waals surface area contributed by atoms with Crippen LogP contribution in [0, 0.1) is 11.2 Å². The third kappa shape index (κ3) is 3.86. The van der Waals surface area contributed by atoms with E-state index in [0.717, 1.165) is 61.8 Å². The number of hydrogen-bond donors (Lipinski definition) is 0. The molecule has 0 radical (unpaired) electrons. The molecule has 37 heavy (non-hydrogen) atoms. The molecule has 6 heterocycles. The van der Waals surface area contributed by atoms with Crippen LogP contribution < -0.4 is 9.80 Å². The highest BCUT2D eigenvalue weighted by Crippen LogP contribution is 2.44. The second-order valence-corrected chi connectivity index (χ2v) is 10.9. The second-order valence-electron chi connectivity index (χ2n) is 10.5. The third-order valence-corrected chi connectivity index (χ3v) is 8.15. The quantitative estimate of drug-likeness (QED) is 0.507. The molecule has 1 spiro atoms. The van der Waals surface area contributed by atoms with Crippen molar-refractivity contribution in [2.24, 2.45) is 5.41 Å². The number of nitrogens with zero attached hydrogens (tertiary/aromatic N) is 7. The van der Waals surface area contributed by atoms with Crippen LogP contribution in [-0.2, 0) is 17.8 Å². The van der Waals surface area contributed by atoms with E-state index in [4.69, 9.17) is 16.3 Å². The Morgan fingerprint density at radius 1 is 1.03 bits per heavy atom. The number of alkyl halides is 2. The van der Waals surface area contributed by atoms with Crippen LogP contribution in [0.4, 0.5) is 24.9 Å². The highest BCUT2D eigenvalue weighted by molar-refractivity contribution is 6.30. The molecule has 8 nitrogen and oxygen atoms in total. The maximum Gasteiger partial charge on any atom is 0.283 e. The van der Waals surface area contributed by atoms with Gasteiger partial charge in [0.2, 0.25) is 5.95 Å². The van der Waals surface area contributed by atoms with Gasteiger partial charge in [-0.15, -0.1) is 10.2 Å². The molecule has 4 aliphatic rings. The van der Waals surface area contributed by atoms with Gasteiger partial charge in [-0.3, -0.25) is 9.47 Å². The van der Waals surface area contributed by atoms with Gasteiger partial charge in [0.1, 0.15) is 11.5 Å². The molecule has 3 fully saturated rings. The summed E-state index contributed by atoms with van der Waals surface area (Å²) >= 11 is 6.38. The number of fused-ring (bicyclic) bond motifs is 3. The van der Waals surface area contributed by atoms with Crippen LogP contribution in [0.15, 0.2) is 30.3 Å². The van der Waals surface area contributed by atoms with Gasteiger partial charge in [-0.1, -0.05) is 11.6 Å². The van der Waals surface area contributed by atoms with Crippen molar-refractivity contribution in [3.8, 4) is 5.69 Å². The fourth-order valence-corrected chi connectivity index (χ4v) is 6.29. The topological polar surface area (TPSA) is 62.6 Å². The van der Waals surface area contributed by atoms with E-state index in [2.05, 4.69) is 29.5 Å². The minimum Gasteiger partial charge on any atom is -0.380 e. The Bertz CT molecular complexity index is 1350. The average Bonchev–Trinajstić information content (AvgIpc) is 3.46. The monoisotopic (exact) mass is 531 g/mol. The summed E-state index contributed by atoms with van der Waals surface area (Å²) in [5.41, 5.74) is 1.39. The first-order valence-corrected chi connectivity index (χ1v) is 12.8. The maximum atomic E-state index is 13.7. The Hall–Kier alpha value is -2.89. The Morgan fingerprint density at radius 3 is 2.59 bits per heavy atom. The van der Waals surface area contributed by atoms with E-state index in [1.807, 2.05) is 23.1 Å². The molecule has 4 aliphatic heterocycles. The molecule has 3 aromatic rings. The van der Waals surface area contributed by atoms with E-state index in [1.54, 1.807) is 0 Å². The van der Waals surface area contributed by atoms with E-state index in [0.29, 0.717) is 43.1 Å². The lowest BCUT2D eigenvalue weighted by atomic mass is 9.73. The normalized spacial score (nSPS) is 22.6. The number of halogens is 4. The van der Waals surface area contributed by atoms with Crippen LogP contribution in [0.3, 0.4) is 0 Å². The molecule has 0 aliphatic carbocycles. The van der Waals surface area contributed by atoms with Gasteiger partial charge < -0.3 is 14.5 Å². The smallest absolute Gasteiger partial charge is 0.283 e. The molecule has 7 rings (SSSR count). The minimum absolute atomic E-state index is 0.0221. The summed E-state index contributed by atoms with van der Waals surface area (Å²) in [5.74, 6) is 1.09. The van der Waals surface area contributed by atoms with E-state index < -0.39 is 17.9 Å². The van der Waals surface area contributed by atoms with Gasteiger partial charge in [-0.25, -0.2) is 18.2 Å². The lowest BCUT2D eigenvalue weighted by Gasteiger charge is -2.60. The summed E-state index contributed by atoms with van der Waals surface area (Å²) in [5, 5.41) is 9.86. The predicted molar refractivity (Wildman–Crippen MR) is 131 cm³/mol. The van der Waals surface area contributed by atoms with Crippen LogP contribution >= 0.6 is 11.6 Å². The number of ether oxygens (including phenoxy) is 1. The fraction of sp³-hybridized carbons (Fsp3) is 0.480. The van der Waals surface area contributed by atoms with Crippen molar-refractivity contribution < 1.29 is 17.9 Å².